The van der Waals surface area contributed by atoms with E-state index in [0.29, 0.717) is 23.1 Å². The number of anilines is 1. The summed E-state index contributed by atoms with van der Waals surface area (Å²) in [6.07, 6.45) is 0. The Balaban J connectivity index is 1.86. The number of hydrogen-bond donors (Lipinski definition) is 1. The van der Waals surface area contributed by atoms with Crippen LogP contribution in [0.15, 0.2) is 47.4 Å². The zero-order valence-electron chi connectivity index (χ0n) is 16.7. The van der Waals surface area contributed by atoms with Gasteiger partial charge in [0, 0.05) is 15.3 Å². The number of thiophene rings is 1. The van der Waals surface area contributed by atoms with E-state index in [0.717, 1.165) is 15.4 Å². The van der Waals surface area contributed by atoms with Crippen LogP contribution in [0.5, 0.6) is 5.75 Å². The second-order valence-corrected chi connectivity index (χ2v) is 8.94. The van der Waals surface area contributed by atoms with E-state index in [9.17, 15) is 14.7 Å². The summed E-state index contributed by atoms with van der Waals surface area (Å²) in [6.45, 7) is 6.21. The maximum Gasteiger partial charge on any atom is 0.301 e. The standard InChI is InChI=1S/C22H20N2O4S2/c1-4-28-15-9-7-14(8-10-15)19(25)17-18(16-6-5-11-29-16)24(21(27)20(17)26)22-23-12(2)13(3)30-22/h5-11,18,25H,4H2,1-3H3/b19-17+. The summed E-state index contributed by atoms with van der Waals surface area (Å²) in [4.78, 5) is 33.7. The predicted octanol–water partition coefficient (Wildman–Crippen LogP) is 4.85. The number of Topliss-reactive ketones (excluding diaryl/α,β-unsaturated/α-hetero) is 1. The van der Waals surface area contributed by atoms with Crippen LogP contribution in [-0.2, 0) is 9.59 Å². The van der Waals surface area contributed by atoms with E-state index >= 15 is 0 Å². The van der Waals surface area contributed by atoms with E-state index in [1.54, 1.807) is 24.3 Å². The Bertz CT molecular complexity index is 1110. The molecule has 154 valence electrons. The van der Waals surface area contributed by atoms with E-state index in [-0.39, 0.29) is 11.3 Å². The smallest absolute Gasteiger partial charge is 0.301 e. The van der Waals surface area contributed by atoms with Crippen molar-refractivity contribution in [3.05, 3.63) is 68.4 Å². The van der Waals surface area contributed by atoms with Gasteiger partial charge in [-0.05, 0) is 56.5 Å². The molecule has 30 heavy (non-hydrogen) atoms. The molecule has 1 unspecified atom stereocenters. The van der Waals surface area contributed by atoms with Crippen LogP contribution in [0, 0.1) is 13.8 Å². The summed E-state index contributed by atoms with van der Waals surface area (Å²) < 4.78 is 5.44. The maximum atomic E-state index is 13.0. The molecule has 1 fully saturated rings. The summed E-state index contributed by atoms with van der Waals surface area (Å²) >= 11 is 2.79. The Kier molecular flexibility index (Phi) is 5.44. The molecule has 0 saturated carbocycles. The van der Waals surface area contributed by atoms with Gasteiger partial charge in [0.25, 0.3) is 5.78 Å². The van der Waals surface area contributed by atoms with Gasteiger partial charge < -0.3 is 9.84 Å². The number of aromatic nitrogens is 1. The molecule has 3 heterocycles. The lowest BCUT2D eigenvalue weighted by molar-refractivity contribution is -0.132. The van der Waals surface area contributed by atoms with Gasteiger partial charge in [0.15, 0.2) is 5.13 Å². The van der Waals surface area contributed by atoms with Crippen LogP contribution >= 0.6 is 22.7 Å². The van der Waals surface area contributed by atoms with Crippen molar-refractivity contribution in [1.82, 2.24) is 4.98 Å². The Morgan fingerprint density at radius 1 is 1.20 bits per heavy atom. The molecule has 1 aromatic carbocycles. The van der Waals surface area contributed by atoms with Crippen molar-refractivity contribution in [2.45, 2.75) is 26.8 Å². The van der Waals surface area contributed by atoms with Crippen molar-refractivity contribution in [2.75, 3.05) is 11.5 Å². The minimum atomic E-state index is -0.721. The Labute approximate surface area is 182 Å². The highest BCUT2D eigenvalue weighted by atomic mass is 32.1. The molecule has 0 aliphatic carbocycles. The van der Waals surface area contributed by atoms with Gasteiger partial charge >= 0.3 is 5.91 Å². The van der Waals surface area contributed by atoms with Gasteiger partial charge in [0.1, 0.15) is 17.6 Å². The van der Waals surface area contributed by atoms with Crippen LogP contribution in [0.2, 0.25) is 0 Å². The molecule has 0 radical (unpaired) electrons. The molecule has 3 aromatic rings. The summed E-state index contributed by atoms with van der Waals surface area (Å²) in [6, 6.07) is 9.79. The molecular weight excluding hydrogens is 420 g/mol. The molecule has 1 saturated heterocycles. The molecule has 1 aliphatic heterocycles. The number of nitrogens with zero attached hydrogens (tertiary/aromatic N) is 2. The first-order valence-electron chi connectivity index (χ1n) is 9.44. The van der Waals surface area contributed by atoms with Gasteiger partial charge in [-0.2, -0.15) is 0 Å². The van der Waals surface area contributed by atoms with E-state index in [1.807, 2.05) is 38.3 Å². The third kappa shape index (κ3) is 3.42. The van der Waals surface area contributed by atoms with Crippen LogP contribution < -0.4 is 9.64 Å². The molecule has 0 bridgehead atoms. The van der Waals surface area contributed by atoms with Gasteiger partial charge in [0.2, 0.25) is 0 Å². The lowest BCUT2D eigenvalue weighted by atomic mass is 10.00. The average molecular weight is 441 g/mol. The topological polar surface area (TPSA) is 79.7 Å². The summed E-state index contributed by atoms with van der Waals surface area (Å²) in [5.41, 5.74) is 1.33. The summed E-state index contributed by atoms with van der Waals surface area (Å²) in [5.74, 6) is -0.944. The molecular formula is C22H20N2O4S2. The molecule has 1 N–H and O–H groups in total. The fraction of sp³-hybridized carbons (Fsp3) is 0.227. The molecule has 4 rings (SSSR count). The third-order valence-electron chi connectivity index (χ3n) is 4.92. The fourth-order valence-corrected chi connectivity index (χ4v) is 5.10. The van der Waals surface area contributed by atoms with E-state index in [2.05, 4.69) is 4.98 Å². The van der Waals surface area contributed by atoms with Crippen molar-refractivity contribution < 1.29 is 19.4 Å². The Morgan fingerprint density at radius 2 is 1.93 bits per heavy atom. The first-order chi connectivity index (χ1) is 14.4. The van der Waals surface area contributed by atoms with E-state index in [1.165, 1.54) is 27.6 Å². The number of rotatable bonds is 5. The van der Waals surface area contributed by atoms with Crippen molar-refractivity contribution in [3.8, 4) is 5.75 Å². The number of aryl methyl sites for hydroxylation is 2. The number of aliphatic hydroxyl groups is 1. The SMILES string of the molecule is CCOc1ccc(/C(O)=C2\C(=O)C(=O)N(c3nc(C)c(C)s3)C2c2cccs2)cc1. The average Bonchev–Trinajstić information content (AvgIpc) is 3.43. The maximum absolute atomic E-state index is 13.0. The van der Waals surface area contributed by atoms with Crippen molar-refractivity contribution in [3.63, 3.8) is 0 Å². The number of benzene rings is 1. The Morgan fingerprint density at radius 3 is 2.50 bits per heavy atom. The molecule has 1 amide bonds. The van der Waals surface area contributed by atoms with E-state index in [4.69, 9.17) is 4.74 Å². The van der Waals surface area contributed by atoms with Crippen molar-refractivity contribution >= 4 is 45.3 Å². The summed E-state index contributed by atoms with van der Waals surface area (Å²) in [7, 11) is 0. The number of aliphatic hydroxyl groups excluding tert-OH is 1. The second kappa shape index (κ2) is 8.04. The van der Waals surface area contributed by atoms with Crippen LogP contribution in [0.25, 0.3) is 5.76 Å². The fourth-order valence-electron chi connectivity index (χ4n) is 3.34. The number of carbonyl (C=O) groups excluding carboxylic acids is 2. The van der Waals surface area contributed by atoms with Crippen molar-refractivity contribution in [2.24, 2.45) is 0 Å². The number of hydrogen-bond acceptors (Lipinski definition) is 7. The van der Waals surface area contributed by atoms with Gasteiger partial charge in [-0.1, -0.05) is 6.07 Å². The molecule has 0 spiro atoms. The van der Waals surface area contributed by atoms with Crippen molar-refractivity contribution in [1.29, 1.82) is 0 Å². The lowest BCUT2D eigenvalue weighted by Crippen LogP contribution is -2.29. The zero-order valence-corrected chi connectivity index (χ0v) is 18.3. The van der Waals surface area contributed by atoms with Gasteiger partial charge in [0.05, 0.1) is 17.9 Å². The van der Waals surface area contributed by atoms with Gasteiger partial charge in [-0.15, -0.1) is 22.7 Å². The number of amides is 1. The number of carbonyl (C=O) groups is 2. The lowest BCUT2D eigenvalue weighted by Gasteiger charge is -2.21. The second-order valence-electron chi connectivity index (χ2n) is 6.78. The van der Waals surface area contributed by atoms with Gasteiger partial charge in [-0.25, -0.2) is 4.98 Å². The monoisotopic (exact) mass is 440 g/mol. The van der Waals surface area contributed by atoms with Gasteiger partial charge in [-0.3, -0.25) is 14.5 Å². The van der Waals surface area contributed by atoms with Crippen LogP contribution in [0.3, 0.4) is 0 Å². The number of ether oxygens (including phenoxy) is 1. The largest absolute Gasteiger partial charge is 0.507 e. The quantitative estimate of drug-likeness (QED) is 0.349. The van der Waals surface area contributed by atoms with E-state index < -0.39 is 17.7 Å². The zero-order chi connectivity index (χ0) is 21.4. The first kappa shape index (κ1) is 20.3. The summed E-state index contributed by atoms with van der Waals surface area (Å²) in [5, 5.41) is 13.4. The minimum absolute atomic E-state index is 0.0668. The molecule has 2 aromatic heterocycles. The highest BCUT2D eigenvalue weighted by Crippen LogP contribution is 2.44. The number of ketones is 1. The normalized spacial score (nSPS) is 18.2. The number of thiazole rings is 1. The highest BCUT2D eigenvalue weighted by Gasteiger charge is 2.48. The van der Waals surface area contributed by atoms with Crippen LogP contribution in [0.1, 0.15) is 34.0 Å². The third-order valence-corrected chi connectivity index (χ3v) is 6.92. The first-order valence-corrected chi connectivity index (χ1v) is 11.1. The molecule has 8 heteroatoms. The molecule has 6 nitrogen and oxygen atoms in total. The van der Waals surface area contributed by atoms with Crippen LogP contribution in [0.4, 0.5) is 5.13 Å². The molecule has 1 atom stereocenters. The minimum Gasteiger partial charge on any atom is -0.507 e. The highest BCUT2D eigenvalue weighted by molar-refractivity contribution is 7.16. The Hall–Kier alpha value is -2.97. The molecule has 1 aliphatic rings. The van der Waals surface area contributed by atoms with Crippen LogP contribution in [-0.4, -0.2) is 28.4 Å². The predicted molar refractivity (Wildman–Crippen MR) is 118 cm³/mol.